The van der Waals surface area contributed by atoms with Gasteiger partial charge in [-0.2, -0.15) is 0 Å². The smallest absolute Gasteiger partial charge is 0.339 e. The fourth-order valence-corrected chi connectivity index (χ4v) is 3.12. The van der Waals surface area contributed by atoms with Crippen molar-refractivity contribution in [1.29, 1.82) is 0 Å². The molecule has 7 heteroatoms. The molecule has 31 heavy (non-hydrogen) atoms. The van der Waals surface area contributed by atoms with Crippen molar-refractivity contribution in [2.75, 3.05) is 6.61 Å². The molecule has 0 spiro atoms. The molecular formula is C24H18N2O5. The van der Waals surface area contributed by atoms with E-state index in [1.54, 1.807) is 48.5 Å². The van der Waals surface area contributed by atoms with Gasteiger partial charge in [-0.1, -0.05) is 48.5 Å². The van der Waals surface area contributed by atoms with Gasteiger partial charge in [0, 0.05) is 5.39 Å². The zero-order valence-electron chi connectivity index (χ0n) is 16.4. The van der Waals surface area contributed by atoms with Gasteiger partial charge in [-0.3, -0.25) is 14.9 Å². The number of para-hydroxylation sites is 1. The first-order valence-corrected chi connectivity index (χ1v) is 9.57. The molecule has 0 radical (unpaired) electrons. The zero-order valence-corrected chi connectivity index (χ0v) is 16.4. The van der Waals surface area contributed by atoms with E-state index in [0.717, 1.165) is 5.56 Å². The van der Waals surface area contributed by atoms with Crippen LogP contribution in [0.5, 0.6) is 0 Å². The summed E-state index contributed by atoms with van der Waals surface area (Å²) in [5.41, 5.74) is 2.09. The van der Waals surface area contributed by atoms with E-state index in [9.17, 15) is 14.4 Å². The maximum atomic E-state index is 12.7. The molecule has 2 amide bonds. The Balaban J connectivity index is 1.44. The highest BCUT2D eigenvalue weighted by Crippen LogP contribution is 2.25. The van der Waals surface area contributed by atoms with Gasteiger partial charge in [-0.05, 0) is 29.8 Å². The monoisotopic (exact) mass is 414 g/mol. The number of rotatable bonds is 6. The minimum absolute atomic E-state index is 0.0576. The number of esters is 1. The van der Waals surface area contributed by atoms with Crippen LogP contribution >= 0.6 is 0 Å². The summed E-state index contributed by atoms with van der Waals surface area (Å²) in [6.45, 7) is -0.577. The number of benzene rings is 2. The average Bonchev–Trinajstić information content (AvgIpc) is 3.32. The lowest BCUT2D eigenvalue weighted by atomic mass is 10.1. The van der Waals surface area contributed by atoms with E-state index < -0.39 is 24.4 Å². The van der Waals surface area contributed by atoms with E-state index >= 15 is 0 Å². The van der Waals surface area contributed by atoms with Crippen LogP contribution in [0.4, 0.5) is 0 Å². The number of fused-ring (bicyclic) bond motifs is 1. The number of hydrogen-bond acceptors (Lipinski definition) is 6. The highest BCUT2D eigenvalue weighted by Gasteiger charge is 2.18. The minimum atomic E-state index is -0.697. The second kappa shape index (κ2) is 9.04. The van der Waals surface area contributed by atoms with Gasteiger partial charge in [0.15, 0.2) is 12.4 Å². The number of carbonyl (C=O) groups excluding carboxylic acids is 3. The van der Waals surface area contributed by atoms with Gasteiger partial charge < -0.3 is 9.15 Å². The van der Waals surface area contributed by atoms with E-state index in [4.69, 9.17) is 9.15 Å². The molecule has 0 aliphatic rings. The Bertz CT molecular complexity index is 1230. The summed E-state index contributed by atoms with van der Waals surface area (Å²) >= 11 is 0. The topological polar surface area (TPSA) is 98.5 Å². The van der Waals surface area contributed by atoms with Crippen LogP contribution in [0.3, 0.4) is 0 Å². The molecule has 154 valence electrons. The number of ether oxygens (including phenoxy) is 1. The van der Waals surface area contributed by atoms with E-state index in [1.807, 2.05) is 24.3 Å². The molecule has 0 bridgehead atoms. The Morgan fingerprint density at radius 1 is 0.903 bits per heavy atom. The van der Waals surface area contributed by atoms with Crippen molar-refractivity contribution < 1.29 is 23.5 Å². The van der Waals surface area contributed by atoms with Gasteiger partial charge >= 0.3 is 5.97 Å². The fourth-order valence-electron chi connectivity index (χ4n) is 3.12. The maximum Gasteiger partial charge on any atom is 0.339 e. The second-order valence-corrected chi connectivity index (χ2v) is 6.76. The fraction of sp³-hybridized carbons (Fsp3) is 0.0833. The number of amides is 2. The van der Waals surface area contributed by atoms with Crippen molar-refractivity contribution in [3.8, 4) is 11.5 Å². The summed E-state index contributed by atoms with van der Waals surface area (Å²) in [5.74, 6) is -1.36. The number of hydrogen-bond donors (Lipinski definition) is 1. The molecule has 0 atom stereocenters. The third kappa shape index (κ3) is 4.84. The first-order valence-electron chi connectivity index (χ1n) is 9.57. The largest absolute Gasteiger partial charge is 0.463 e. The van der Waals surface area contributed by atoms with Gasteiger partial charge in [0.05, 0.1) is 23.8 Å². The molecule has 4 aromatic rings. The molecule has 0 aliphatic carbocycles. The highest BCUT2D eigenvalue weighted by molar-refractivity contribution is 6.05. The highest BCUT2D eigenvalue weighted by atomic mass is 16.5. The summed E-state index contributed by atoms with van der Waals surface area (Å²) in [6, 6.07) is 21.1. The summed E-state index contributed by atoms with van der Waals surface area (Å²) in [7, 11) is 0. The molecule has 0 fully saturated rings. The number of imide groups is 1. The van der Waals surface area contributed by atoms with Crippen LogP contribution in [0.15, 0.2) is 83.5 Å². The van der Waals surface area contributed by atoms with Gasteiger partial charge in [0.25, 0.3) is 5.91 Å². The number of aromatic nitrogens is 1. The quantitative estimate of drug-likeness (QED) is 0.485. The summed E-state index contributed by atoms with van der Waals surface area (Å²) < 4.78 is 10.5. The number of nitrogens with zero attached hydrogens (tertiary/aromatic N) is 1. The molecule has 2 aromatic heterocycles. The molecule has 0 unspecified atom stereocenters. The van der Waals surface area contributed by atoms with Crippen LogP contribution in [0.1, 0.15) is 15.9 Å². The molecule has 4 rings (SSSR count). The van der Waals surface area contributed by atoms with E-state index in [-0.39, 0.29) is 12.0 Å². The van der Waals surface area contributed by atoms with Gasteiger partial charge in [0.1, 0.15) is 5.69 Å². The van der Waals surface area contributed by atoms with Gasteiger partial charge in [-0.25, -0.2) is 9.78 Å². The molecule has 7 nitrogen and oxygen atoms in total. The molecule has 2 heterocycles. The number of carbonyl (C=O) groups is 3. The number of nitrogens with one attached hydrogen (secondary N) is 1. The molecular weight excluding hydrogens is 396 g/mol. The van der Waals surface area contributed by atoms with Crippen molar-refractivity contribution in [3.63, 3.8) is 0 Å². The van der Waals surface area contributed by atoms with Gasteiger partial charge in [-0.15, -0.1) is 0 Å². The van der Waals surface area contributed by atoms with E-state index in [0.29, 0.717) is 22.4 Å². The summed E-state index contributed by atoms with van der Waals surface area (Å²) in [5, 5.41) is 2.81. The lowest BCUT2D eigenvalue weighted by molar-refractivity contribution is -0.132. The third-order valence-electron chi connectivity index (χ3n) is 4.53. The predicted molar refractivity (Wildman–Crippen MR) is 113 cm³/mol. The Hall–Kier alpha value is -4.26. The Morgan fingerprint density at radius 3 is 2.45 bits per heavy atom. The molecule has 0 aliphatic heterocycles. The second-order valence-electron chi connectivity index (χ2n) is 6.76. The van der Waals surface area contributed by atoms with Crippen LogP contribution in [0.2, 0.25) is 0 Å². The lowest BCUT2D eigenvalue weighted by Crippen LogP contribution is -2.35. The van der Waals surface area contributed by atoms with Crippen molar-refractivity contribution in [2.45, 2.75) is 6.42 Å². The number of furan rings is 1. The first kappa shape index (κ1) is 20.0. The first-order chi connectivity index (χ1) is 15.1. The van der Waals surface area contributed by atoms with E-state index in [1.165, 1.54) is 6.26 Å². The standard InChI is InChI=1S/C24H18N2O5/c27-22(13-16-7-2-1-3-8-16)26-23(28)15-31-24(29)18-14-20(21-11-6-12-30-21)25-19-10-5-4-9-17(18)19/h1-12,14H,13,15H2,(H,26,27,28). The van der Waals surface area contributed by atoms with Crippen LogP contribution in [0, 0.1) is 0 Å². The molecule has 0 saturated heterocycles. The maximum absolute atomic E-state index is 12.7. The normalized spacial score (nSPS) is 10.6. The Kier molecular flexibility index (Phi) is 5.84. The lowest BCUT2D eigenvalue weighted by Gasteiger charge is -2.09. The van der Waals surface area contributed by atoms with Crippen LogP contribution in [0.25, 0.3) is 22.4 Å². The molecule has 2 aromatic carbocycles. The SMILES string of the molecule is O=C(COC(=O)c1cc(-c2ccco2)nc2ccccc12)NC(=O)Cc1ccccc1. The molecule has 0 saturated carbocycles. The van der Waals surface area contributed by atoms with Crippen molar-refractivity contribution >= 4 is 28.7 Å². The third-order valence-corrected chi connectivity index (χ3v) is 4.53. The van der Waals surface area contributed by atoms with Crippen molar-refractivity contribution in [3.05, 3.63) is 90.2 Å². The minimum Gasteiger partial charge on any atom is -0.463 e. The van der Waals surface area contributed by atoms with Gasteiger partial charge in [0.2, 0.25) is 5.91 Å². The van der Waals surface area contributed by atoms with Crippen LogP contribution < -0.4 is 5.32 Å². The van der Waals surface area contributed by atoms with Crippen LogP contribution in [-0.4, -0.2) is 29.4 Å². The van der Waals surface area contributed by atoms with Crippen molar-refractivity contribution in [1.82, 2.24) is 10.3 Å². The average molecular weight is 414 g/mol. The summed E-state index contributed by atoms with van der Waals surface area (Å²) in [6.07, 6.45) is 1.57. The zero-order chi connectivity index (χ0) is 21.6. The number of pyridine rings is 1. The van der Waals surface area contributed by atoms with Crippen molar-refractivity contribution in [2.24, 2.45) is 0 Å². The van der Waals surface area contributed by atoms with Crippen LogP contribution in [-0.2, 0) is 20.7 Å². The van der Waals surface area contributed by atoms with E-state index in [2.05, 4.69) is 10.3 Å². The Morgan fingerprint density at radius 2 is 1.68 bits per heavy atom. The Labute approximate surface area is 177 Å². The predicted octanol–water partition coefficient (Wildman–Crippen LogP) is 3.54. The summed E-state index contributed by atoms with van der Waals surface area (Å²) in [4.78, 5) is 41.3. The molecule has 1 N–H and O–H groups in total.